The average molecular weight is 369 g/mol. The van der Waals surface area contributed by atoms with Crippen LogP contribution in [-0.4, -0.2) is 25.4 Å². The molecule has 0 aromatic heterocycles. The lowest BCUT2D eigenvalue weighted by molar-refractivity contribution is 0.0398. The van der Waals surface area contributed by atoms with Crippen molar-refractivity contribution in [3.8, 4) is 11.5 Å². The van der Waals surface area contributed by atoms with Crippen molar-refractivity contribution in [1.29, 1.82) is 0 Å². The lowest BCUT2D eigenvalue weighted by Gasteiger charge is -2.31. The lowest BCUT2D eigenvalue weighted by atomic mass is 9.82. The van der Waals surface area contributed by atoms with Gasteiger partial charge < -0.3 is 20.3 Å². The molecule has 0 aliphatic heterocycles. The molecule has 1 aromatic carbocycles. The third-order valence-corrected chi connectivity index (χ3v) is 3.78. The van der Waals surface area contributed by atoms with Gasteiger partial charge in [-0.1, -0.05) is 36.7 Å². The normalized spacial score (nSPS) is 14.2. The van der Waals surface area contributed by atoms with Gasteiger partial charge in [0.15, 0.2) is 11.5 Å². The molecule has 0 heterocycles. The summed E-state index contributed by atoms with van der Waals surface area (Å²) in [7, 11) is 3.15. The highest BCUT2D eigenvalue weighted by Gasteiger charge is 2.30. The highest BCUT2D eigenvalue weighted by Crippen LogP contribution is 2.38. The molecule has 0 saturated carbocycles. The Labute approximate surface area is 135 Å². The molecule has 0 aliphatic carbocycles. The predicted molar refractivity (Wildman–Crippen MR) is 86.9 cm³/mol. The summed E-state index contributed by atoms with van der Waals surface area (Å²) in [4.78, 5) is 0. The van der Waals surface area contributed by atoms with Crippen molar-refractivity contribution in [3.05, 3.63) is 22.2 Å². The topological polar surface area (TPSA) is 64.7 Å². The number of nitrogens with two attached hydrogens (primary N) is 1. The number of aliphatic hydroxyl groups excluding tert-OH is 1. The van der Waals surface area contributed by atoms with Crippen LogP contribution in [0.1, 0.15) is 32.4 Å². The molecule has 4 nitrogen and oxygen atoms in total. The molecule has 0 bridgehead atoms. The Morgan fingerprint density at radius 3 is 2.00 bits per heavy atom. The van der Waals surface area contributed by atoms with Crippen LogP contribution in [0.4, 0.5) is 0 Å². The Kier molecular flexibility index (Phi) is 7.32. The van der Waals surface area contributed by atoms with Crippen molar-refractivity contribution in [2.45, 2.75) is 32.9 Å². The minimum absolute atomic E-state index is 0. The van der Waals surface area contributed by atoms with Crippen molar-refractivity contribution in [1.82, 2.24) is 0 Å². The van der Waals surface area contributed by atoms with E-state index in [1.54, 1.807) is 26.4 Å². The predicted octanol–water partition coefficient (Wildman–Crippen LogP) is 3.29. The van der Waals surface area contributed by atoms with E-state index in [1.165, 1.54) is 0 Å². The first kappa shape index (κ1) is 19.5. The number of benzene rings is 1. The van der Waals surface area contributed by atoms with Crippen LogP contribution in [-0.2, 0) is 0 Å². The van der Waals surface area contributed by atoms with Gasteiger partial charge in [0.25, 0.3) is 0 Å². The molecule has 2 atom stereocenters. The molecule has 6 heteroatoms. The minimum atomic E-state index is -0.665. The van der Waals surface area contributed by atoms with Gasteiger partial charge in [0, 0.05) is 4.47 Å². The van der Waals surface area contributed by atoms with Crippen molar-refractivity contribution in [2.24, 2.45) is 11.1 Å². The van der Waals surface area contributed by atoms with Gasteiger partial charge in [-0.15, -0.1) is 12.4 Å². The first-order valence-electron chi connectivity index (χ1n) is 6.07. The Morgan fingerprint density at radius 2 is 1.60 bits per heavy atom. The standard InChI is InChI=1S/C14H22BrNO3.ClH/c1-14(2,3)13(17)12(16)8-6-10(18-4)11(19-5)7-9(8)15;/h6-7,12-13,17H,16H2,1-5H3;1H/t12-,13-;/m1./s1. The second kappa shape index (κ2) is 7.50. The van der Waals surface area contributed by atoms with Gasteiger partial charge in [-0.3, -0.25) is 0 Å². The zero-order valence-corrected chi connectivity index (χ0v) is 14.8. The van der Waals surface area contributed by atoms with E-state index in [2.05, 4.69) is 15.9 Å². The smallest absolute Gasteiger partial charge is 0.161 e. The number of rotatable bonds is 4. The lowest BCUT2D eigenvalue weighted by Crippen LogP contribution is -2.37. The molecular weight excluding hydrogens is 346 g/mol. The number of aliphatic hydroxyl groups is 1. The monoisotopic (exact) mass is 367 g/mol. The van der Waals surface area contributed by atoms with E-state index in [4.69, 9.17) is 15.2 Å². The highest BCUT2D eigenvalue weighted by atomic mass is 79.9. The zero-order chi connectivity index (χ0) is 14.8. The number of hydrogen-bond donors (Lipinski definition) is 2. The molecule has 0 saturated heterocycles. The second-order valence-corrected chi connectivity index (χ2v) is 6.42. The van der Waals surface area contributed by atoms with Crippen molar-refractivity contribution < 1.29 is 14.6 Å². The first-order valence-corrected chi connectivity index (χ1v) is 6.86. The van der Waals surface area contributed by atoms with Gasteiger partial charge in [-0.2, -0.15) is 0 Å². The summed E-state index contributed by atoms with van der Waals surface area (Å²) in [6.07, 6.45) is -0.665. The summed E-state index contributed by atoms with van der Waals surface area (Å²) in [5.74, 6) is 1.22. The Morgan fingerprint density at radius 1 is 1.15 bits per heavy atom. The molecule has 0 spiro atoms. The van der Waals surface area contributed by atoms with Crippen LogP contribution in [0, 0.1) is 5.41 Å². The fourth-order valence-corrected chi connectivity index (χ4v) is 2.42. The molecule has 3 N–H and O–H groups in total. The average Bonchev–Trinajstić information content (AvgIpc) is 2.35. The van der Waals surface area contributed by atoms with Gasteiger partial charge in [0.1, 0.15) is 0 Å². The molecular formula is C14H23BrClNO3. The number of ether oxygens (including phenoxy) is 2. The van der Waals surface area contributed by atoms with E-state index in [1.807, 2.05) is 20.8 Å². The van der Waals surface area contributed by atoms with Crippen LogP contribution >= 0.6 is 28.3 Å². The maximum absolute atomic E-state index is 10.3. The molecule has 1 aromatic rings. The van der Waals surface area contributed by atoms with Gasteiger partial charge in [-0.05, 0) is 23.1 Å². The maximum atomic E-state index is 10.3. The summed E-state index contributed by atoms with van der Waals surface area (Å²) < 4.78 is 11.3. The van der Waals surface area contributed by atoms with E-state index in [9.17, 15) is 5.11 Å². The van der Waals surface area contributed by atoms with Gasteiger partial charge in [0.2, 0.25) is 0 Å². The van der Waals surface area contributed by atoms with E-state index < -0.39 is 12.1 Å². The van der Waals surface area contributed by atoms with Crippen LogP contribution in [0.15, 0.2) is 16.6 Å². The second-order valence-electron chi connectivity index (χ2n) is 5.57. The molecule has 0 amide bonds. The highest BCUT2D eigenvalue weighted by molar-refractivity contribution is 9.10. The third-order valence-electron chi connectivity index (χ3n) is 3.09. The molecule has 0 radical (unpaired) electrons. The number of halogens is 2. The molecule has 1 rings (SSSR count). The zero-order valence-electron chi connectivity index (χ0n) is 12.4. The quantitative estimate of drug-likeness (QED) is 0.856. The molecule has 20 heavy (non-hydrogen) atoms. The van der Waals surface area contributed by atoms with Crippen LogP contribution in [0.5, 0.6) is 11.5 Å². The SMILES string of the molecule is COc1cc(Br)c([C@@H](N)[C@@H](O)C(C)(C)C)cc1OC.Cl. The summed E-state index contributed by atoms with van der Waals surface area (Å²) in [6.45, 7) is 5.85. The summed E-state index contributed by atoms with van der Waals surface area (Å²) in [5.41, 5.74) is 6.66. The van der Waals surface area contributed by atoms with Crippen LogP contribution in [0.2, 0.25) is 0 Å². The third kappa shape index (κ3) is 4.25. The fourth-order valence-electron chi connectivity index (χ4n) is 1.83. The first-order chi connectivity index (χ1) is 8.72. The Bertz CT molecular complexity index is 449. The van der Waals surface area contributed by atoms with Gasteiger partial charge >= 0.3 is 0 Å². The molecule has 0 unspecified atom stereocenters. The Balaban J connectivity index is 0.00000361. The fraction of sp³-hybridized carbons (Fsp3) is 0.571. The molecule has 0 fully saturated rings. The van der Waals surface area contributed by atoms with E-state index in [-0.39, 0.29) is 17.8 Å². The molecule has 116 valence electrons. The summed E-state index contributed by atoms with van der Waals surface area (Å²) in [5, 5.41) is 10.3. The summed E-state index contributed by atoms with van der Waals surface area (Å²) >= 11 is 3.46. The van der Waals surface area contributed by atoms with Crippen molar-refractivity contribution in [3.63, 3.8) is 0 Å². The van der Waals surface area contributed by atoms with E-state index in [0.717, 1.165) is 10.0 Å². The number of methoxy groups -OCH3 is 2. The molecule has 0 aliphatic rings. The van der Waals surface area contributed by atoms with Gasteiger partial charge in [0.05, 0.1) is 26.4 Å². The van der Waals surface area contributed by atoms with Crippen molar-refractivity contribution in [2.75, 3.05) is 14.2 Å². The van der Waals surface area contributed by atoms with Crippen LogP contribution < -0.4 is 15.2 Å². The summed E-state index contributed by atoms with van der Waals surface area (Å²) in [6, 6.07) is 3.08. The minimum Gasteiger partial charge on any atom is -0.493 e. The van der Waals surface area contributed by atoms with E-state index >= 15 is 0 Å². The van der Waals surface area contributed by atoms with Gasteiger partial charge in [-0.25, -0.2) is 0 Å². The largest absolute Gasteiger partial charge is 0.493 e. The number of hydrogen-bond acceptors (Lipinski definition) is 4. The van der Waals surface area contributed by atoms with Crippen molar-refractivity contribution >= 4 is 28.3 Å². The van der Waals surface area contributed by atoms with E-state index in [0.29, 0.717) is 11.5 Å². The Hall–Kier alpha value is -0.490. The van der Waals surface area contributed by atoms with Crippen LogP contribution in [0.25, 0.3) is 0 Å². The maximum Gasteiger partial charge on any atom is 0.161 e. The van der Waals surface area contributed by atoms with Crippen LogP contribution in [0.3, 0.4) is 0 Å².